The first-order chi connectivity index (χ1) is 13.6. The summed E-state index contributed by atoms with van der Waals surface area (Å²) < 4.78 is 7.29. The van der Waals surface area contributed by atoms with E-state index in [1.165, 1.54) is 0 Å². The Kier molecular flexibility index (Phi) is 4.19. The maximum atomic E-state index is 13.2. The summed E-state index contributed by atoms with van der Waals surface area (Å²) >= 11 is 3.40. The lowest BCUT2D eigenvalue weighted by Gasteiger charge is -2.55. The first-order valence-corrected chi connectivity index (χ1v) is 10.5. The summed E-state index contributed by atoms with van der Waals surface area (Å²) in [5, 5.41) is 6.04. The highest BCUT2D eigenvalue weighted by molar-refractivity contribution is 9.10. The standard InChI is InChI=1S/C22H21BrN2O3/c23-13-8-10-14(11-9-13)24-20(26)19-18-15-5-1-2-7-17(15)28-22(25-21(19)27)12-4-3-6-16(18)22/h1-2,5,7-11,16,18-19H,3-4,6,12H2,(H,24,26)(H,25,27)/t16-,18-,19+,22-/m1/s1. The van der Waals surface area contributed by atoms with Crippen LogP contribution in [0.2, 0.25) is 0 Å². The van der Waals surface area contributed by atoms with Crippen LogP contribution in [0.4, 0.5) is 5.69 Å². The SMILES string of the molecule is O=C(Nc1ccc(Br)cc1)[C@H]1C(=O)N[C@@]23CCCC[C@@H]2[C@H]1c1ccccc1O3. The van der Waals surface area contributed by atoms with E-state index in [2.05, 4.69) is 26.6 Å². The molecule has 2 heterocycles. The Morgan fingerprint density at radius 1 is 1.14 bits per heavy atom. The summed E-state index contributed by atoms with van der Waals surface area (Å²) in [5.74, 6) is -0.561. The van der Waals surface area contributed by atoms with Crippen molar-refractivity contribution in [2.45, 2.75) is 37.3 Å². The zero-order chi connectivity index (χ0) is 19.3. The van der Waals surface area contributed by atoms with E-state index in [1.54, 1.807) is 0 Å². The number of piperidine rings is 1. The molecular formula is C22H21BrN2O3. The number of benzene rings is 2. The molecule has 2 bridgehead atoms. The molecule has 1 aliphatic carbocycles. The molecule has 5 rings (SSSR count). The van der Waals surface area contributed by atoms with Crippen molar-refractivity contribution in [3.8, 4) is 5.75 Å². The molecule has 2 aliphatic heterocycles. The Morgan fingerprint density at radius 3 is 2.75 bits per heavy atom. The van der Waals surface area contributed by atoms with E-state index in [0.29, 0.717) is 5.69 Å². The molecular weight excluding hydrogens is 420 g/mol. The largest absolute Gasteiger partial charge is 0.467 e. The Bertz CT molecular complexity index is 945. The summed E-state index contributed by atoms with van der Waals surface area (Å²) in [6.45, 7) is 0. The fraction of sp³-hybridized carbons (Fsp3) is 0.364. The molecule has 4 atom stereocenters. The average molecular weight is 441 g/mol. The minimum Gasteiger partial charge on any atom is -0.467 e. The van der Waals surface area contributed by atoms with Crippen LogP contribution in [-0.2, 0) is 9.59 Å². The van der Waals surface area contributed by atoms with Crippen LogP contribution < -0.4 is 15.4 Å². The van der Waals surface area contributed by atoms with Gasteiger partial charge in [0.1, 0.15) is 11.7 Å². The van der Waals surface area contributed by atoms with Gasteiger partial charge in [0, 0.05) is 28.4 Å². The number of para-hydroxylation sites is 1. The van der Waals surface area contributed by atoms with E-state index in [9.17, 15) is 9.59 Å². The van der Waals surface area contributed by atoms with Gasteiger partial charge in [-0.1, -0.05) is 40.5 Å². The van der Waals surface area contributed by atoms with E-state index in [0.717, 1.165) is 41.5 Å². The van der Waals surface area contributed by atoms with Crippen LogP contribution in [0.15, 0.2) is 53.0 Å². The summed E-state index contributed by atoms with van der Waals surface area (Å²) in [4.78, 5) is 26.3. The minimum atomic E-state index is -0.773. The van der Waals surface area contributed by atoms with Crippen LogP contribution in [0, 0.1) is 11.8 Å². The zero-order valence-electron chi connectivity index (χ0n) is 15.3. The lowest BCUT2D eigenvalue weighted by atomic mass is 9.62. The van der Waals surface area contributed by atoms with Crippen LogP contribution in [0.25, 0.3) is 0 Å². The average Bonchev–Trinajstić information content (AvgIpc) is 2.68. The number of hydrogen-bond acceptors (Lipinski definition) is 3. The first kappa shape index (κ1) is 17.7. The molecule has 5 nitrogen and oxygen atoms in total. The van der Waals surface area contributed by atoms with E-state index < -0.39 is 11.6 Å². The molecule has 1 saturated carbocycles. The van der Waals surface area contributed by atoms with Gasteiger partial charge in [0.05, 0.1) is 0 Å². The number of nitrogens with one attached hydrogen (secondary N) is 2. The minimum absolute atomic E-state index is 0.106. The number of halogens is 1. The van der Waals surface area contributed by atoms with Crippen molar-refractivity contribution in [1.29, 1.82) is 0 Å². The maximum Gasteiger partial charge on any atom is 0.237 e. The van der Waals surface area contributed by atoms with Gasteiger partial charge in [0.15, 0.2) is 5.72 Å². The van der Waals surface area contributed by atoms with E-state index >= 15 is 0 Å². The molecule has 0 radical (unpaired) electrons. The van der Waals surface area contributed by atoms with Gasteiger partial charge in [-0.3, -0.25) is 9.59 Å². The van der Waals surface area contributed by atoms with Crippen LogP contribution in [0.1, 0.15) is 37.2 Å². The molecule has 2 aromatic rings. The summed E-state index contributed by atoms with van der Waals surface area (Å²) in [6, 6.07) is 15.2. The smallest absolute Gasteiger partial charge is 0.237 e. The van der Waals surface area contributed by atoms with Crippen LogP contribution in [0.3, 0.4) is 0 Å². The molecule has 2 N–H and O–H groups in total. The Labute approximate surface area is 172 Å². The van der Waals surface area contributed by atoms with Gasteiger partial charge in [-0.25, -0.2) is 0 Å². The highest BCUT2D eigenvalue weighted by Gasteiger charge is 2.60. The highest BCUT2D eigenvalue weighted by atomic mass is 79.9. The third-order valence-electron chi connectivity index (χ3n) is 6.29. The van der Waals surface area contributed by atoms with Crippen molar-refractivity contribution >= 4 is 33.4 Å². The van der Waals surface area contributed by atoms with Gasteiger partial charge in [-0.05, 0) is 48.7 Å². The van der Waals surface area contributed by atoms with Crippen molar-refractivity contribution in [3.63, 3.8) is 0 Å². The highest BCUT2D eigenvalue weighted by Crippen LogP contribution is 2.55. The number of ether oxygens (including phenoxy) is 1. The Hall–Kier alpha value is -2.34. The number of carbonyl (C=O) groups is 2. The van der Waals surface area contributed by atoms with Gasteiger partial charge in [-0.15, -0.1) is 0 Å². The monoisotopic (exact) mass is 440 g/mol. The second kappa shape index (κ2) is 6.62. The van der Waals surface area contributed by atoms with E-state index in [4.69, 9.17) is 4.74 Å². The fourth-order valence-corrected chi connectivity index (χ4v) is 5.37. The Balaban J connectivity index is 1.54. The molecule has 0 unspecified atom stereocenters. The summed E-state index contributed by atoms with van der Waals surface area (Å²) in [6.07, 6.45) is 3.84. The molecule has 28 heavy (non-hydrogen) atoms. The molecule has 144 valence electrons. The molecule has 3 aliphatic rings. The van der Waals surface area contributed by atoms with Crippen LogP contribution in [0.5, 0.6) is 5.75 Å². The lowest BCUT2D eigenvalue weighted by Crippen LogP contribution is -2.69. The molecule has 0 spiro atoms. The molecule has 2 amide bonds. The number of anilines is 1. The van der Waals surface area contributed by atoms with Crippen LogP contribution in [-0.4, -0.2) is 17.5 Å². The predicted molar refractivity (Wildman–Crippen MR) is 109 cm³/mol. The number of carbonyl (C=O) groups excluding carboxylic acids is 2. The van der Waals surface area contributed by atoms with Gasteiger partial charge in [-0.2, -0.15) is 0 Å². The van der Waals surface area contributed by atoms with Gasteiger partial charge in [0.2, 0.25) is 11.8 Å². The Morgan fingerprint density at radius 2 is 1.93 bits per heavy atom. The van der Waals surface area contributed by atoms with Crippen LogP contribution >= 0.6 is 15.9 Å². The first-order valence-electron chi connectivity index (χ1n) is 9.74. The second-order valence-electron chi connectivity index (χ2n) is 7.87. The van der Waals surface area contributed by atoms with Crippen molar-refractivity contribution in [3.05, 3.63) is 58.6 Å². The number of fused-ring (bicyclic) bond motifs is 2. The summed E-state index contributed by atoms with van der Waals surface area (Å²) in [7, 11) is 0. The third kappa shape index (κ3) is 2.73. The van der Waals surface area contributed by atoms with Gasteiger partial charge in [0.25, 0.3) is 0 Å². The quantitative estimate of drug-likeness (QED) is 0.687. The van der Waals surface area contributed by atoms with Gasteiger partial charge < -0.3 is 15.4 Å². The van der Waals surface area contributed by atoms with Gasteiger partial charge >= 0.3 is 0 Å². The number of hydrogen-bond donors (Lipinski definition) is 2. The molecule has 2 aromatic carbocycles. The van der Waals surface area contributed by atoms with Crippen molar-refractivity contribution in [2.75, 3.05) is 5.32 Å². The normalized spacial score (nSPS) is 30.3. The fourth-order valence-electron chi connectivity index (χ4n) is 5.11. The van der Waals surface area contributed by atoms with E-state index in [1.807, 2.05) is 48.5 Å². The molecule has 2 fully saturated rings. The molecule has 1 saturated heterocycles. The number of amides is 2. The molecule has 0 aromatic heterocycles. The summed E-state index contributed by atoms with van der Waals surface area (Å²) in [5.41, 5.74) is 0.973. The topological polar surface area (TPSA) is 67.4 Å². The van der Waals surface area contributed by atoms with Crippen molar-refractivity contribution in [1.82, 2.24) is 5.32 Å². The molecule has 6 heteroatoms. The number of rotatable bonds is 2. The van der Waals surface area contributed by atoms with Crippen molar-refractivity contribution in [2.24, 2.45) is 11.8 Å². The lowest BCUT2D eigenvalue weighted by molar-refractivity contribution is -0.160. The zero-order valence-corrected chi connectivity index (χ0v) is 16.9. The second-order valence-corrected chi connectivity index (χ2v) is 8.79. The van der Waals surface area contributed by atoms with E-state index in [-0.39, 0.29) is 23.7 Å². The van der Waals surface area contributed by atoms with Crippen molar-refractivity contribution < 1.29 is 14.3 Å². The predicted octanol–water partition coefficient (Wildman–Crippen LogP) is 4.20. The maximum absolute atomic E-state index is 13.2. The third-order valence-corrected chi connectivity index (χ3v) is 6.82.